The van der Waals surface area contributed by atoms with Crippen LogP contribution in [0, 0.1) is 12.8 Å². The van der Waals surface area contributed by atoms with E-state index in [1.54, 1.807) is 0 Å². The number of carbonyl (C=O) groups is 1. The molecule has 0 bridgehead atoms. The molecule has 1 aromatic carbocycles. The number of rotatable bonds is 7. The fourth-order valence-corrected chi connectivity index (χ4v) is 1.75. The van der Waals surface area contributed by atoms with Crippen LogP contribution in [0.1, 0.15) is 39.2 Å². The minimum Gasteiger partial charge on any atom is -0.369 e. The van der Waals surface area contributed by atoms with E-state index in [1.165, 1.54) is 25.3 Å². The van der Waals surface area contributed by atoms with Gasteiger partial charge in [0.15, 0.2) is 5.78 Å². The van der Waals surface area contributed by atoms with Gasteiger partial charge in [0.2, 0.25) is 0 Å². The summed E-state index contributed by atoms with van der Waals surface area (Å²) in [7, 11) is 0. The van der Waals surface area contributed by atoms with Crippen LogP contribution in [0.5, 0.6) is 0 Å². The van der Waals surface area contributed by atoms with E-state index in [9.17, 15) is 4.79 Å². The van der Waals surface area contributed by atoms with Crippen LogP contribution in [-0.4, -0.2) is 24.4 Å². The van der Waals surface area contributed by atoms with Crippen LogP contribution >= 0.6 is 11.6 Å². The predicted octanol–water partition coefficient (Wildman–Crippen LogP) is 4.50. The highest BCUT2D eigenvalue weighted by atomic mass is 35.5. The Balaban J connectivity index is 0. The van der Waals surface area contributed by atoms with Crippen molar-refractivity contribution >= 4 is 17.4 Å². The van der Waals surface area contributed by atoms with Crippen LogP contribution in [0.4, 0.5) is 0 Å². The van der Waals surface area contributed by atoms with Crippen LogP contribution in [0.2, 0.25) is 0 Å². The Morgan fingerprint density at radius 2 is 1.81 bits per heavy atom. The van der Waals surface area contributed by atoms with Crippen molar-refractivity contribution in [3.05, 3.63) is 35.9 Å². The minimum atomic E-state index is 0.0329. The van der Waals surface area contributed by atoms with Crippen molar-refractivity contribution in [2.75, 3.05) is 12.5 Å². The molecule has 0 fully saturated rings. The van der Waals surface area contributed by atoms with Crippen molar-refractivity contribution in [3.8, 4) is 12.8 Å². The molecule has 0 radical (unpaired) electrons. The number of alkyl halides is 1. The average Bonchev–Trinajstić information content (AvgIpc) is 2.52. The maximum absolute atomic E-state index is 10.4. The molecule has 0 unspecified atom stereocenters. The summed E-state index contributed by atoms with van der Waals surface area (Å²) in [6.07, 6.45) is 11.3. The fraction of sp³-hybridized carbons (Fsp3) is 0.500. The Kier molecular flexibility index (Phi) is 17.5. The van der Waals surface area contributed by atoms with Crippen LogP contribution in [0.25, 0.3) is 0 Å². The van der Waals surface area contributed by atoms with E-state index in [4.69, 9.17) is 16.3 Å². The molecule has 3 heteroatoms. The number of terminal acetylenes is 1. The smallest absolute Gasteiger partial charge is 0.155 e. The van der Waals surface area contributed by atoms with Gasteiger partial charge in [0.25, 0.3) is 0 Å². The Morgan fingerprint density at radius 1 is 1.24 bits per heavy atom. The van der Waals surface area contributed by atoms with E-state index in [2.05, 4.69) is 50.1 Å². The van der Waals surface area contributed by atoms with Gasteiger partial charge in [0.1, 0.15) is 6.61 Å². The summed E-state index contributed by atoms with van der Waals surface area (Å²) in [4.78, 5) is 10.4. The summed E-state index contributed by atoms with van der Waals surface area (Å²) in [5.41, 5.74) is 1.44. The first kappa shape index (κ1) is 22.0. The van der Waals surface area contributed by atoms with Gasteiger partial charge in [0.05, 0.1) is 6.10 Å². The Bertz CT molecular complexity index is 356. The summed E-state index contributed by atoms with van der Waals surface area (Å²) >= 11 is 5.51. The largest absolute Gasteiger partial charge is 0.369 e. The number of carbonyl (C=O) groups excluding carboxylic acids is 1. The third kappa shape index (κ3) is 14.9. The fourth-order valence-electron chi connectivity index (χ4n) is 1.44. The molecular formula is C18H27ClO2. The van der Waals surface area contributed by atoms with Gasteiger partial charge >= 0.3 is 0 Å². The highest BCUT2D eigenvalue weighted by molar-refractivity contribution is 6.18. The molecule has 0 spiro atoms. The van der Waals surface area contributed by atoms with E-state index < -0.39 is 0 Å². The molecule has 0 aromatic heterocycles. The second kappa shape index (κ2) is 16.8. The standard InChI is InChI=1S/C9H12.C7H13ClO2.C2H2/c1-2-6-9-7-4-3-5-8-9;1-3-7(4-8)10-5-6(2)9;1-2/h3-5,7-8H,2,6H2,1H3;7H,3-5H2,1-2H3;1-2H/t;7-;/m.0./s1. The molecule has 0 heterocycles. The van der Waals surface area contributed by atoms with E-state index in [0.29, 0.717) is 5.88 Å². The number of ketones is 1. The van der Waals surface area contributed by atoms with Crippen LogP contribution in [0.3, 0.4) is 0 Å². The Morgan fingerprint density at radius 3 is 2.19 bits per heavy atom. The molecular weight excluding hydrogens is 284 g/mol. The van der Waals surface area contributed by atoms with Gasteiger partial charge in [-0.25, -0.2) is 0 Å². The molecule has 1 rings (SSSR count). The summed E-state index contributed by atoms with van der Waals surface area (Å²) in [5.74, 6) is 0.507. The van der Waals surface area contributed by atoms with Gasteiger partial charge < -0.3 is 4.74 Å². The lowest BCUT2D eigenvalue weighted by Crippen LogP contribution is -2.17. The first-order valence-electron chi connectivity index (χ1n) is 7.18. The normalized spacial score (nSPS) is 10.4. The van der Waals surface area contributed by atoms with Crippen molar-refractivity contribution < 1.29 is 9.53 Å². The second-order valence-electron chi connectivity index (χ2n) is 4.43. The van der Waals surface area contributed by atoms with E-state index in [-0.39, 0.29) is 18.5 Å². The zero-order valence-electron chi connectivity index (χ0n) is 13.3. The van der Waals surface area contributed by atoms with Gasteiger partial charge in [-0.15, -0.1) is 24.4 Å². The van der Waals surface area contributed by atoms with Crippen LogP contribution in [-0.2, 0) is 16.0 Å². The van der Waals surface area contributed by atoms with Gasteiger partial charge in [-0.05, 0) is 25.3 Å². The van der Waals surface area contributed by atoms with Gasteiger partial charge in [-0.2, -0.15) is 0 Å². The molecule has 0 saturated carbocycles. The molecule has 0 aliphatic carbocycles. The number of halogens is 1. The zero-order valence-corrected chi connectivity index (χ0v) is 14.1. The number of benzene rings is 1. The maximum Gasteiger partial charge on any atom is 0.155 e. The van der Waals surface area contributed by atoms with Gasteiger partial charge in [0, 0.05) is 5.88 Å². The number of aryl methyl sites for hydroxylation is 1. The second-order valence-corrected chi connectivity index (χ2v) is 4.74. The molecule has 0 aliphatic heterocycles. The lowest BCUT2D eigenvalue weighted by Gasteiger charge is -2.10. The highest BCUT2D eigenvalue weighted by Crippen LogP contribution is 2.00. The van der Waals surface area contributed by atoms with Gasteiger partial charge in [-0.1, -0.05) is 50.6 Å². The SMILES string of the molecule is C#C.CCCc1ccccc1.CC[C@@H](CCl)OCC(C)=O. The summed E-state index contributed by atoms with van der Waals surface area (Å²) in [5, 5.41) is 0. The van der Waals surface area contributed by atoms with E-state index >= 15 is 0 Å². The number of ether oxygens (including phenoxy) is 1. The Hall–Kier alpha value is -1.30. The van der Waals surface area contributed by atoms with Crippen molar-refractivity contribution in [1.82, 2.24) is 0 Å². The lowest BCUT2D eigenvalue weighted by atomic mass is 10.1. The molecule has 2 nitrogen and oxygen atoms in total. The van der Waals surface area contributed by atoms with Crippen LogP contribution in [0.15, 0.2) is 30.3 Å². The van der Waals surface area contributed by atoms with Crippen molar-refractivity contribution in [2.24, 2.45) is 0 Å². The molecule has 0 N–H and O–H groups in total. The lowest BCUT2D eigenvalue weighted by molar-refractivity contribution is -0.123. The van der Waals surface area contributed by atoms with Gasteiger partial charge in [-0.3, -0.25) is 4.79 Å². The summed E-state index contributed by atoms with van der Waals surface area (Å²) in [6, 6.07) is 10.6. The van der Waals surface area contributed by atoms with Crippen molar-refractivity contribution in [1.29, 1.82) is 0 Å². The Labute approximate surface area is 134 Å². The molecule has 0 saturated heterocycles. The summed E-state index contributed by atoms with van der Waals surface area (Å²) < 4.78 is 5.12. The molecule has 0 amide bonds. The molecule has 118 valence electrons. The first-order valence-corrected chi connectivity index (χ1v) is 7.71. The number of hydrogen-bond acceptors (Lipinski definition) is 2. The highest BCUT2D eigenvalue weighted by Gasteiger charge is 2.04. The topological polar surface area (TPSA) is 26.3 Å². The zero-order chi connectivity index (χ0) is 16.5. The third-order valence-electron chi connectivity index (χ3n) is 2.53. The predicted molar refractivity (Wildman–Crippen MR) is 91.8 cm³/mol. The first-order chi connectivity index (χ1) is 10.1. The van der Waals surface area contributed by atoms with E-state index in [0.717, 1.165) is 6.42 Å². The van der Waals surface area contributed by atoms with Crippen molar-refractivity contribution in [2.45, 2.75) is 46.1 Å². The van der Waals surface area contributed by atoms with Crippen LogP contribution < -0.4 is 0 Å². The quantitative estimate of drug-likeness (QED) is 0.547. The number of Topliss-reactive ketones (excluding diaryl/α,β-unsaturated/α-hetero) is 1. The molecule has 1 atom stereocenters. The monoisotopic (exact) mass is 310 g/mol. The third-order valence-corrected chi connectivity index (χ3v) is 2.88. The maximum atomic E-state index is 10.4. The summed E-state index contributed by atoms with van der Waals surface area (Å²) in [6.45, 7) is 5.87. The molecule has 0 aliphatic rings. The minimum absolute atomic E-state index is 0.0329. The molecule has 1 aromatic rings. The molecule has 21 heavy (non-hydrogen) atoms. The van der Waals surface area contributed by atoms with E-state index in [1.807, 2.05) is 6.92 Å². The van der Waals surface area contributed by atoms with Crippen molar-refractivity contribution in [3.63, 3.8) is 0 Å². The number of hydrogen-bond donors (Lipinski definition) is 0. The average molecular weight is 311 g/mol.